The van der Waals surface area contributed by atoms with E-state index in [0.29, 0.717) is 17.3 Å². The molecule has 0 bridgehead atoms. The maximum Gasteiger partial charge on any atom is 0.269 e. The van der Waals surface area contributed by atoms with Crippen molar-refractivity contribution in [1.82, 2.24) is 15.3 Å². The summed E-state index contributed by atoms with van der Waals surface area (Å²) in [4.78, 5) is 19.3. The van der Waals surface area contributed by atoms with Gasteiger partial charge in [-0.25, -0.2) is 4.98 Å². The van der Waals surface area contributed by atoms with Gasteiger partial charge in [0.2, 0.25) is 5.88 Å². The van der Waals surface area contributed by atoms with Crippen LogP contribution >= 0.6 is 0 Å². The topological polar surface area (TPSA) is 90.1 Å². The number of pyridine rings is 2. The van der Waals surface area contributed by atoms with Crippen LogP contribution in [-0.4, -0.2) is 22.9 Å². The van der Waals surface area contributed by atoms with Crippen molar-refractivity contribution in [2.45, 2.75) is 0 Å². The lowest BCUT2D eigenvalue weighted by molar-refractivity contribution is 0.0958. The summed E-state index contributed by atoms with van der Waals surface area (Å²) in [5.74, 6) is 0.562. The summed E-state index contributed by atoms with van der Waals surface area (Å²) in [5, 5.41) is 2.49. The Labute approximate surface area is 104 Å². The van der Waals surface area contributed by atoms with E-state index in [9.17, 15) is 4.79 Å². The highest BCUT2D eigenvalue weighted by Crippen LogP contribution is 2.20. The zero-order valence-corrected chi connectivity index (χ0v) is 9.75. The highest BCUT2D eigenvalue weighted by Gasteiger charge is 2.07. The first-order valence-corrected chi connectivity index (χ1v) is 5.26. The first-order chi connectivity index (χ1) is 8.69. The standard InChI is InChI=1S/C12H12N4O2/c1-14-12(17)10-7-9(3-5-15-10)18-11-6-8(13)2-4-16-11/h2-7H,1H3,(H2,13,16)(H,14,17). The quantitative estimate of drug-likeness (QED) is 0.847. The minimum Gasteiger partial charge on any atom is -0.439 e. The Kier molecular flexibility index (Phi) is 3.38. The van der Waals surface area contributed by atoms with Gasteiger partial charge < -0.3 is 15.8 Å². The molecule has 0 radical (unpaired) electrons. The first kappa shape index (κ1) is 11.8. The lowest BCUT2D eigenvalue weighted by atomic mass is 10.3. The monoisotopic (exact) mass is 244 g/mol. The number of nitrogens with one attached hydrogen (secondary N) is 1. The number of aromatic nitrogens is 2. The Balaban J connectivity index is 2.22. The van der Waals surface area contributed by atoms with Crippen molar-refractivity contribution in [2.75, 3.05) is 12.8 Å². The number of carbonyl (C=O) groups excluding carboxylic acids is 1. The molecule has 92 valence electrons. The molecule has 6 nitrogen and oxygen atoms in total. The Morgan fingerprint density at radius 2 is 2.06 bits per heavy atom. The third-order valence-electron chi connectivity index (χ3n) is 2.17. The molecule has 0 saturated carbocycles. The van der Waals surface area contributed by atoms with Crippen molar-refractivity contribution < 1.29 is 9.53 Å². The number of hydrogen-bond donors (Lipinski definition) is 2. The number of nitrogen functional groups attached to an aromatic ring is 1. The fourth-order valence-electron chi connectivity index (χ4n) is 1.33. The molecule has 0 fully saturated rings. The molecule has 2 rings (SSSR count). The summed E-state index contributed by atoms with van der Waals surface area (Å²) in [5.41, 5.74) is 6.45. The van der Waals surface area contributed by atoms with Crippen LogP contribution in [0.25, 0.3) is 0 Å². The van der Waals surface area contributed by atoms with Gasteiger partial charge in [0.15, 0.2) is 0 Å². The van der Waals surface area contributed by atoms with E-state index in [1.165, 1.54) is 19.3 Å². The van der Waals surface area contributed by atoms with Crippen molar-refractivity contribution in [3.63, 3.8) is 0 Å². The summed E-state index contributed by atoms with van der Waals surface area (Å²) < 4.78 is 5.48. The molecule has 0 aromatic carbocycles. The lowest BCUT2D eigenvalue weighted by Crippen LogP contribution is -2.18. The van der Waals surface area contributed by atoms with Crippen LogP contribution in [0.2, 0.25) is 0 Å². The van der Waals surface area contributed by atoms with E-state index < -0.39 is 0 Å². The third-order valence-corrected chi connectivity index (χ3v) is 2.17. The van der Waals surface area contributed by atoms with E-state index in [4.69, 9.17) is 10.5 Å². The molecule has 0 aliphatic carbocycles. The van der Waals surface area contributed by atoms with Crippen LogP contribution in [0.15, 0.2) is 36.7 Å². The average Bonchev–Trinajstić information content (AvgIpc) is 2.38. The summed E-state index contributed by atoms with van der Waals surface area (Å²) in [6.45, 7) is 0. The van der Waals surface area contributed by atoms with Gasteiger partial charge >= 0.3 is 0 Å². The van der Waals surface area contributed by atoms with Crippen molar-refractivity contribution in [2.24, 2.45) is 0 Å². The van der Waals surface area contributed by atoms with E-state index in [2.05, 4.69) is 15.3 Å². The molecule has 0 unspecified atom stereocenters. The lowest BCUT2D eigenvalue weighted by Gasteiger charge is -2.06. The Morgan fingerprint density at radius 1 is 1.28 bits per heavy atom. The van der Waals surface area contributed by atoms with Crippen molar-refractivity contribution >= 4 is 11.6 Å². The Hall–Kier alpha value is -2.63. The molecule has 0 aliphatic heterocycles. The third kappa shape index (κ3) is 2.73. The maximum absolute atomic E-state index is 11.4. The van der Waals surface area contributed by atoms with Crippen LogP contribution < -0.4 is 15.8 Å². The maximum atomic E-state index is 11.4. The van der Waals surface area contributed by atoms with E-state index in [1.54, 1.807) is 24.4 Å². The van der Waals surface area contributed by atoms with Crippen LogP contribution in [0.3, 0.4) is 0 Å². The summed E-state index contributed by atoms with van der Waals surface area (Å²) in [6, 6.07) is 6.43. The second kappa shape index (κ2) is 5.13. The minimum absolute atomic E-state index is 0.277. The summed E-state index contributed by atoms with van der Waals surface area (Å²) in [6.07, 6.45) is 3.04. The molecule has 2 aromatic rings. The normalized spacial score (nSPS) is 9.83. The zero-order chi connectivity index (χ0) is 13.0. The van der Waals surface area contributed by atoms with Gasteiger partial charge in [0.1, 0.15) is 11.4 Å². The van der Waals surface area contributed by atoms with E-state index in [0.717, 1.165) is 0 Å². The van der Waals surface area contributed by atoms with Crippen LogP contribution in [-0.2, 0) is 0 Å². The smallest absolute Gasteiger partial charge is 0.269 e. The fraction of sp³-hybridized carbons (Fsp3) is 0.0833. The van der Waals surface area contributed by atoms with Crippen LogP contribution in [0.1, 0.15) is 10.5 Å². The Morgan fingerprint density at radius 3 is 2.78 bits per heavy atom. The van der Waals surface area contributed by atoms with Gasteiger partial charge in [-0.1, -0.05) is 0 Å². The van der Waals surface area contributed by atoms with Crippen molar-refractivity contribution in [3.8, 4) is 11.6 Å². The fourth-order valence-corrected chi connectivity index (χ4v) is 1.33. The van der Waals surface area contributed by atoms with Crippen LogP contribution in [0, 0.1) is 0 Å². The molecular formula is C12H12N4O2. The second-order valence-electron chi connectivity index (χ2n) is 3.49. The van der Waals surface area contributed by atoms with Gasteiger partial charge in [-0.3, -0.25) is 9.78 Å². The van der Waals surface area contributed by atoms with Gasteiger partial charge in [0.05, 0.1) is 0 Å². The minimum atomic E-state index is -0.277. The average molecular weight is 244 g/mol. The first-order valence-electron chi connectivity index (χ1n) is 5.26. The van der Waals surface area contributed by atoms with Crippen molar-refractivity contribution in [3.05, 3.63) is 42.4 Å². The number of hydrogen-bond acceptors (Lipinski definition) is 5. The molecule has 2 heterocycles. The van der Waals surface area contributed by atoms with Gasteiger partial charge in [-0.15, -0.1) is 0 Å². The number of nitrogens with two attached hydrogens (primary N) is 1. The zero-order valence-electron chi connectivity index (χ0n) is 9.75. The van der Waals surface area contributed by atoms with E-state index >= 15 is 0 Å². The molecule has 1 amide bonds. The molecule has 6 heteroatoms. The Bertz CT molecular complexity index is 572. The predicted molar refractivity (Wildman–Crippen MR) is 66.4 cm³/mol. The number of carbonyl (C=O) groups is 1. The number of anilines is 1. The molecule has 0 atom stereocenters. The van der Waals surface area contributed by atoms with Gasteiger partial charge in [-0.05, 0) is 12.1 Å². The van der Waals surface area contributed by atoms with Gasteiger partial charge in [0.25, 0.3) is 5.91 Å². The second-order valence-corrected chi connectivity index (χ2v) is 3.49. The number of amides is 1. The van der Waals surface area contributed by atoms with Crippen LogP contribution in [0.5, 0.6) is 11.6 Å². The van der Waals surface area contributed by atoms with E-state index in [-0.39, 0.29) is 11.6 Å². The summed E-state index contributed by atoms with van der Waals surface area (Å²) in [7, 11) is 1.54. The number of rotatable bonds is 3. The number of nitrogens with zero attached hydrogens (tertiary/aromatic N) is 2. The van der Waals surface area contributed by atoms with Crippen molar-refractivity contribution in [1.29, 1.82) is 0 Å². The van der Waals surface area contributed by atoms with Crippen LogP contribution in [0.4, 0.5) is 5.69 Å². The van der Waals surface area contributed by atoms with Gasteiger partial charge in [0, 0.05) is 37.3 Å². The molecule has 18 heavy (non-hydrogen) atoms. The molecule has 0 aliphatic rings. The molecule has 2 aromatic heterocycles. The molecule has 0 spiro atoms. The van der Waals surface area contributed by atoms with E-state index in [1.807, 2.05) is 0 Å². The molecule has 3 N–H and O–H groups in total. The summed E-state index contributed by atoms with van der Waals surface area (Å²) >= 11 is 0. The molecular weight excluding hydrogens is 232 g/mol. The molecule has 0 saturated heterocycles. The highest BCUT2D eigenvalue weighted by atomic mass is 16.5. The SMILES string of the molecule is CNC(=O)c1cc(Oc2cc(N)ccn2)ccn1. The predicted octanol–water partition coefficient (Wildman–Crippen LogP) is 1.21. The van der Waals surface area contributed by atoms with Gasteiger partial charge in [-0.2, -0.15) is 0 Å². The number of ether oxygens (including phenoxy) is 1. The largest absolute Gasteiger partial charge is 0.439 e. The highest BCUT2D eigenvalue weighted by molar-refractivity contribution is 5.92.